The largest absolute Gasteiger partial charge is 0.369 e. The molecule has 1 aliphatic rings. The van der Waals surface area contributed by atoms with Crippen LogP contribution in [-0.4, -0.2) is 38.9 Å². The molecule has 0 aliphatic carbocycles. The Bertz CT molecular complexity index is 933. The summed E-state index contributed by atoms with van der Waals surface area (Å²) in [4.78, 5) is 2.67. The third kappa shape index (κ3) is 3.68. The molecular formula is C20H25BrN2O2S. The van der Waals surface area contributed by atoms with Crippen LogP contribution in [0.15, 0.2) is 39.7 Å². The fourth-order valence-corrected chi connectivity index (χ4v) is 5.70. The van der Waals surface area contributed by atoms with Gasteiger partial charge in [-0.1, -0.05) is 39.7 Å². The number of nitrogens with zero attached hydrogens (tertiary/aromatic N) is 2. The summed E-state index contributed by atoms with van der Waals surface area (Å²) in [5, 5.41) is 0. The molecule has 0 unspecified atom stereocenters. The molecule has 0 radical (unpaired) electrons. The number of hydrogen-bond donors (Lipinski definition) is 0. The third-order valence-corrected chi connectivity index (χ3v) is 7.90. The first-order chi connectivity index (χ1) is 12.2. The summed E-state index contributed by atoms with van der Waals surface area (Å²) in [6.07, 6.45) is 0. The quantitative estimate of drug-likeness (QED) is 0.723. The van der Waals surface area contributed by atoms with Crippen molar-refractivity contribution in [3.05, 3.63) is 57.1 Å². The molecule has 0 saturated carbocycles. The Morgan fingerprint density at radius 3 is 2.12 bits per heavy atom. The number of hydrogen-bond acceptors (Lipinski definition) is 3. The zero-order valence-corrected chi connectivity index (χ0v) is 18.1. The third-order valence-electron chi connectivity index (χ3n) is 5.01. The number of rotatable bonds is 3. The average Bonchev–Trinajstić information content (AvgIpc) is 2.58. The van der Waals surface area contributed by atoms with Crippen molar-refractivity contribution >= 4 is 31.6 Å². The van der Waals surface area contributed by atoms with Gasteiger partial charge in [-0.3, -0.25) is 0 Å². The van der Waals surface area contributed by atoms with E-state index in [0.717, 1.165) is 15.6 Å². The Morgan fingerprint density at radius 2 is 1.50 bits per heavy atom. The smallest absolute Gasteiger partial charge is 0.243 e. The number of piperazine rings is 1. The normalized spacial score (nSPS) is 16.1. The molecule has 26 heavy (non-hydrogen) atoms. The lowest BCUT2D eigenvalue weighted by Crippen LogP contribution is -2.49. The van der Waals surface area contributed by atoms with Crippen molar-refractivity contribution in [1.82, 2.24) is 4.31 Å². The van der Waals surface area contributed by atoms with Gasteiger partial charge in [-0.15, -0.1) is 0 Å². The molecule has 0 N–H and O–H groups in total. The molecule has 0 atom stereocenters. The van der Waals surface area contributed by atoms with Gasteiger partial charge in [0.2, 0.25) is 10.0 Å². The number of benzene rings is 2. The van der Waals surface area contributed by atoms with Crippen LogP contribution in [0.3, 0.4) is 0 Å². The maximum Gasteiger partial charge on any atom is 0.243 e. The Hall–Kier alpha value is -1.37. The van der Waals surface area contributed by atoms with E-state index in [1.54, 1.807) is 10.4 Å². The summed E-state index contributed by atoms with van der Waals surface area (Å²) in [5.41, 5.74) is 5.51. The van der Waals surface area contributed by atoms with Crippen LogP contribution in [0.4, 0.5) is 5.69 Å². The van der Waals surface area contributed by atoms with Gasteiger partial charge in [-0.2, -0.15) is 4.31 Å². The van der Waals surface area contributed by atoms with E-state index in [9.17, 15) is 8.42 Å². The Morgan fingerprint density at radius 1 is 0.846 bits per heavy atom. The molecule has 1 aliphatic heterocycles. The number of anilines is 1. The van der Waals surface area contributed by atoms with E-state index >= 15 is 0 Å². The van der Waals surface area contributed by atoms with E-state index in [2.05, 4.69) is 52.9 Å². The van der Waals surface area contributed by atoms with Gasteiger partial charge in [-0.05, 0) is 56.5 Å². The van der Waals surface area contributed by atoms with Crippen molar-refractivity contribution in [3.8, 4) is 0 Å². The molecule has 3 rings (SSSR count). The van der Waals surface area contributed by atoms with Gasteiger partial charge in [0.15, 0.2) is 0 Å². The molecule has 1 heterocycles. The van der Waals surface area contributed by atoms with Gasteiger partial charge in [0.25, 0.3) is 0 Å². The first kappa shape index (κ1) is 19.4. The molecule has 0 amide bonds. The number of sulfonamides is 1. The summed E-state index contributed by atoms with van der Waals surface area (Å²) in [7, 11) is -3.48. The van der Waals surface area contributed by atoms with Crippen LogP contribution >= 0.6 is 15.9 Å². The molecule has 4 nitrogen and oxygen atoms in total. The van der Waals surface area contributed by atoms with Crippen molar-refractivity contribution in [1.29, 1.82) is 0 Å². The van der Waals surface area contributed by atoms with Gasteiger partial charge in [-0.25, -0.2) is 8.42 Å². The fraction of sp³-hybridized carbons (Fsp3) is 0.400. The van der Waals surface area contributed by atoms with Crippen LogP contribution in [0.25, 0.3) is 0 Å². The fourth-order valence-electron chi connectivity index (χ4n) is 3.55. The minimum Gasteiger partial charge on any atom is -0.369 e. The molecule has 2 aromatic carbocycles. The van der Waals surface area contributed by atoms with Gasteiger partial charge in [0.1, 0.15) is 0 Å². The van der Waals surface area contributed by atoms with Gasteiger partial charge in [0, 0.05) is 36.3 Å². The van der Waals surface area contributed by atoms with E-state index in [4.69, 9.17) is 0 Å². The maximum atomic E-state index is 13.1. The number of halogens is 1. The van der Waals surface area contributed by atoms with Crippen LogP contribution in [0.2, 0.25) is 0 Å². The average molecular weight is 437 g/mol. The van der Waals surface area contributed by atoms with Crippen LogP contribution in [0.5, 0.6) is 0 Å². The van der Waals surface area contributed by atoms with Crippen LogP contribution in [0, 0.1) is 27.7 Å². The molecule has 0 bridgehead atoms. The van der Waals surface area contributed by atoms with E-state index in [-0.39, 0.29) is 0 Å². The van der Waals surface area contributed by atoms with Crippen molar-refractivity contribution < 1.29 is 8.42 Å². The van der Waals surface area contributed by atoms with Crippen LogP contribution in [-0.2, 0) is 10.0 Å². The van der Waals surface area contributed by atoms with Gasteiger partial charge in [0.05, 0.1) is 4.90 Å². The minimum absolute atomic E-state index is 0.398. The van der Waals surface area contributed by atoms with Crippen LogP contribution < -0.4 is 4.90 Å². The zero-order chi connectivity index (χ0) is 19.1. The predicted octanol–water partition coefficient (Wildman–Crippen LogP) is 4.19. The highest BCUT2D eigenvalue weighted by Gasteiger charge is 2.30. The second-order valence-corrected chi connectivity index (χ2v) is 9.81. The van der Waals surface area contributed by atoms with Crippen molar-refractivity contribution in [2.24, 2.45) is 0 Å². The van der Waals surface area contributed by atoms with E-state index < -0.39 is 10.0 Å². The predicted molar refractivity (Wildman–Crippen MR) is 111 cm³/mol. The summed E-state index contributed by atoms with van der Waals surface area (Å²) >= 11 is 3.46. The molecule has 1 saturated heterocycles. The van der Waals surface area contributed by atoms with Gasteiger partial charge >= 0.3 is 0 Å². The highest BCUT2D eigenvalue weighted by atomic mass is 79.9. The van der Waals surface area contributed by atoms with Crippen molar-refractivity contribution in [3.63, 3.8) is 0 Å². The van der Waals surface area contributed by atoms with E-state index in [0.29, 0.717) is 31.1 Å². The SMILES string of the molecule is Cc1ccc(N2CCN(S(=O)(=O)c3cc(Br)c(C)cc3C)CC2)c(C)c1. The highest BCUT2D eigenvalue weighted by Crippen LogP contribution is 2.29. The van der Waals surface area contributed by atoms with Crippen molar-refractivity contribution in [2.75, 3.05) is 31.1 Å². The lowest BCUT2D eigenvalue weighted by Gasteiger charge is -2.36. The second-order valence-electron chi connectivity index (χ2n) is 7.05. The molecular weight excluding hydrogens is 412 g/mol. The molecule has 0 aromatic heterocycles. The Balaban J connectivity index is 1.80. The number of aryl methyl sites for hydroxylation is 4. The molecule has 1 fully saturated rings. The molecule has 0 spiro atoms. The molecule has 2 aromatic rings. The summed E-state index contributed by atoms with van der Waals surface area (Å²) in [6, 6.07) is 10.1. The lowest BCUT2D eigenvalue weighted by molar-refractivity contribution is 0.384. The Kier molecular flexibility index (Phi) is 5.47. The summed E-state index contributed by atoms with van der Waals surface area (Å²) in [6.45, 7) is 10.4. The monoisotopic (exact) mass is 436 g/mol. The summed E-state index contributed by atoms with van der Waals surface area (Å²) in [5.74, 6) is 0. The first-order valence-corrected chi connectivity index (χ1v) is 11.0. The van der Waals surface area contributed by atoms with Crippen molar-refractivity contribution in [2.45, 2.75) is 32.6 Å². The van der Waals surface area contributed by atoms with Crippen LogP contribution in [0.1, 0.15) is 22.3 Å². The molecule has 6 heteroatoms. The lowest BCUT2D eigenvalue weighted by atomic mass is 10.1. The maximum absolute atomic E-state index is 13.1. The van der Waals surface area contributed by atoms with Gasteiger partial charge < -0.3 is 4.90 Å². The summed E-state index contributed by atoms with van der Waals surface area (Å²) < 4.78 is 28.7. The standard InChI is InChI=1S/C20H25BrN2O2S/c1-14-5-6-19(16(3)11-14)22-7-9-23(10-8-22)26(24,25)20-13-18(21)15(2)12-17(20)4/h5-6,11-13H,7-10H2,1-4H3. The van der Waals surface area contributed by atoms with E-state index in [1.165, 1.54) is 16.8 Å². The second kappa shape index (κ2) is 7.33. The molecule has 140 valence electrons. The minimum atomic E-state index is -3.48. The highest BCUT2D eigenvalue weighted by molar-refractivity contribution is 9.10. The van der Waals surface area contributed by atoms with E-state index in [1.807, 2.05) is 19.9 Å². The first-order valence-electron chi connectivity index (χ1n) is 8.79. The Labute approximate surface area is 165 Å². The topological polar surface area (TPSA) is 40.6 Å². The zero-order valence-electron chi connectivity index (χ0n) is 15.7.